The molecule has 0 saturated carbocycles. The van der Waals surface area contributed by atoms with Crippen molar-refractivity contribution in [3.8, 4) is 11.5 Å². The van der Waals surface area contributed by atoms with Crippen molar-refractivity contribution in [1.29, 1.82) is 0 Å². The Hall–Kier alpha value is -1.60. The van der Waals surface area contributed by atoms with Gasteiger partial charge in [-0.3, -0.25) is 4.55 Å². The van der Waals surface area contributed by atoms with Crippen molar-refractivity contribution in [2.45, 2.75) is 27.7 Å². The average Bonchev–Trinajstić information content (AvgIpc) is 2.41. The normalized spacial score (nSPS) is 12.3. The number of carbonyl (C=O) groups excluding carboxylic acids is 1. The maximum Gasteiger partial charge on any atom is 0.360 e. The highest BCUT2D eigenvalue weighted by Crippen LogP contribution is 2.32. The first-order valence-electron chi connectivity index (χ1n) is 7.03. The zero-order chi connectivity index (χ0) is 16.7. The van der Waals surface area contributed by atoms with Crippen molar-refractivity contribution in [3.05, 3.63) is 23.8 Å². The van der Waals surface area contributed by atoms with Crippen molar-refractivity contribution in [2.24, 2.45) is 11.8 Å². The zero-order valence-electron chi connectivity index (χ0n) is 13.2. The smallest absolute Gasteiger partial charge is 0.360 e. The van der Waals surface area contributed by atoms with Gasteiger partial charge >= 0.3 is 17.3 Å². The summed E-state index contributed by atoms with van der Waals surface area (Å²) in [5.41, 5.74) is 0.0595. The van der Waals surface area contributed by atoms with Crippen LogP contribution in [0.15, 0.2) is 18.2 Å². The molecule has 0 bridgehead atoms. The molecule has 124 valence electrons. The standard InChI is InChI=1S/C15H22O6S/c1-10(2)8-19-13-7-5-6-12(15(16)21-22(17)18)14(13)20-9-11(3)4/h5-7,10-11H,8-9H2,1-4H3,(H,17,18). The summed E-state index contributed by atoms with van der Waals surface area (Å²) in [6.07, 6.45) is 0. The third-order valence-electron chi connectivity index (χ3n) is 2.48. The Morgan fingerprint density at radius 3 is 2.27 bits per heavy atom. The van der Waals surface area contributed by atoms with Crippen LogP contribution in [-0.2, 0) is 15.5 Å². The molecule has 1 unspecified atom stereocenters. The lowest BCUT2D eigenvalue weighted by molar-refractivity contribution is 0.0737. The Kier molecular flexibility index (Phi) is 7.34. The molecule has 0 aromatic heterocycles. The molecular formula is C15H22O6S. The van der Waals surface area contributed by atoms with E-state index in [0.29, 0.717) is 24.9 Å². The minimum atomic E-state index is -2.68. The van der Waals surface area contributed by atoms with Gasteiger partial charge in [0.05, 0.1) is 13.2 Å². The number of para-hydroxylation sites is 1. The first-order chi connectivity index (χ1) is 10.3. The second kappa shape index (κ2) is 8.75. The van der Waals surface area contributed by atoms with E-state index < -0.39 is 17.3 Å². The predicted octanol–water partition coefficient (Wildman–Crippen LogP) is 3.05. The van der Waals surface area contributed by atoms with E-state index in [1.807, 2.05) is 27.7 Å². The van der Waals surface area contributed by atoms with Gasteiger partial charge in [0.2, 0.25) is 0 Å². The fourth-order valence-corrected chi connectivity index (χ4v) is 1.77. The van der Waals surface area contributed by atoms with Gasteiger partial charge < -0.3 is 13.7 Å². The van der Waals surface area contributed by atoms with Crippen molar-refractivity contribution in [1.82, 2.24) is 0 Å². The molecule has 0 aliphatic carbocycles. The maximum atomic E-state index is 11.9. The number of ether oxygens (including phenoxy) is 2. The summed E-state index contributed by atoms with van der Waals surface area (Å²) in [5, 5.41) is 0. The molecule has 0 fully saturated rings. The van der Waals surface area contributed by atoms with Crippen molar-refractivity contribution in [3.63, 3.8) is 0 Å². The molecule has 0 spiro atoms. The Labute approximate surface area is 133 Å². The Balaban J connectivity index is 3.09. The van der Waals surface area contributed by atoms with Gasteiger partial charge in [0, 0.05) is 0 Å². The third-order valence-corrected chi connectivity index (χ3v) is 2.77. The van der Waals surface area contributed by atoms with Crippen LogP contribution in [0.2, 0.25) is 0 Å². The molecular weight excluding hydrogens is 308 g/mol. The maximum absolute atomic E-state index is 11.9. The summed E-state index contributed by atoms with van der Waals surface area (Å²) < 4.78 is 35.0. The highest BCUT2D eigenvalue weighted by Gasteiger charge is 2.21. The van der Waals surface area contributed by atoms with E-state index in [2.05, 4.69) is 4.18 Å². The van der Waals surface area contributed by atoms with E-state index in [9.17, 15) is 9.00 Å². The molecule has 7 heteroatoms. The summed E-state index contributed by atoms with van der Waals surface area (Å²) in [7, 11) is 0. The lowest BCUT2D eigenvalue weighted by Gasteiger charge is -2.17. The van der Waals surface area contributed by atoms with E-state index in [-0.39, 0.29) is 17.2 Å². The molecule has 0 saturated heterocycles. The van der Waals surface area contributed by atoms with Gasteiger partial charge in [-0.2, -0.15) is 4.21 Å². The monoisotopic (exact) mass is 330 g/mol. The van der Waals surface area contributed by atoms with Crippen molar-refractivity contribution >= 4 is 17.3 Å². The van der Waals surface area contributed by atoms with Gasteiger partial charge in [0.1, 0.15) is 5.56 Å². The minimum absolute atomic E-state index is 0.0595. The van der Waals surface area contributed by atoms with E-state index >= 15 is 0 Å². The van der Waals surface area contributed by atoms with Gasteiger partial charge in [-0.25, -0.2) is 4.79 Å². The topological polar surface area (TPSA) is 82.1 Å². The Bertz CT molecular complexity index is 527. The van der Waals surface area contributed by atoms with E-state index in [1.54, 1.807) is 12.1 Å². The molecule has 1 aromatic rings. The number of hydrogen-bond acceptors (Lipinski definition) is 5. The van der Waals surface area contributed by atoms with Crippen LogP contribution >= 0.6 is 0 Å². The number of hydrogen-bond donors (Lipinski definition) is 1. The summed E-state index contributed by atoms with van der Waals surface area (Å²) >= 11 is -2.68. The summed E-state index contributed by atoms with van der Waals surface area (Å²) in [5.74, 6) is 0.252. The fourth-order valence-electron chi connectivity index (χ4n) is 1.56. The number of benzene rings is 1. The summed E-state index contributed by atoms with van der Waals surface area (Å²) in [6, 6.07) is 4.76. The fraction of sp³-hybridized carbons (Fsp3) is 0.533. The molecule has 1 rings (SSSR count). The van der Waals surface area contributed by atoms with Crippen LogP contribution in [0.3, 0.4) is 0 Å². The van der Waals surface area contributed by atoms with Gasteiger partial charge in [0.25, 0.3) is 0 Å². The van der Waals surface area contributed by atoms with Crippen LogP contribution in [-0.4, -0.2) is 27.9 Å². The van der Waals surface area contributed by atoms with Gasteiger partial charge in [-0.15, -0.1) is 0 Å². The van der Waals surface area contributed by atoms with E-state index in [1.165, 1.54) is 6.07 Å². The molecule has 0 amide bonds. The Morgan fingerprint density at radius 1 is 1.14 bits per heavy atom. The van der Waals surface area contributed by atoms with Crippen LogP contribution < -0.4 is 9.47 Å². The van der Waals surface area contributed by atoms with Gasteiger partial charge in [-0.05, 0) is 24.0 Å². The third kappa shape index (κ3) is 6.03. The van der Waals surface area contributed by atoms with Gasteiger partial charge in [-0.1, -0.05) is 33.8 Å². The number of carbonyl (C=O) groups is 1. The second-order valence-electron chi connectivity index (χ2n) is 5.63. The lowest BCUT2D eigenvalue weighted by Crippen LogP contribution is -2.14. The lowest BCUT2D eigenvalue weighted by atomic mass is 10.1. The molecule has 1 N–H and O–H groups in total. The molecule has 0 heterocycles. The van der Waals surface area contributed by atoms with Crippen LogP contribution in [0.25, 0.3) is 0 Å². The van der Waals surface area contributed by atoms with Crippen LogP contribution in [0, 0.1) is 11.8 Å². The summed E-state index contributed by atoms with van der Waals surface area (Å²) in [6.45, 7) is 8.78. The average molecular weight is 330 g/mol. The second-order valence-corrected chi connectivity index (χ2v) is 6.23. The highest BCUT2D eigenvalue weighted by atomic mass is 32.2. The van der Waals surface area contributed by atoms with Crippen LogP contribution in [0.4, 0.5) is 0 Å². The molecule has 1 aromatic carbocycles. The SMILES string of the molecule is CC(C)COc1cccc(C(=O)OS(=O)O)c1OCC(C)C. The molecule has 22 heavy (non-hydrogen) atoms. The minimum Gasteiger partial charge on any atom is -0.489 e. The molecule has 0 radical (unpaired) electrons. The molecule has 0 aliphatic rings. The molecule has 1 atom stereocenters. The molecule has 0 aliphatic heterocycles. The highest BCUT2D eigenvalue weighted by molar-refractivity contribution is 7.74. The molecule has 6 nitrogen and oxygen atoms in total. The first kappa shape index (κ1) is 18.4. The largest absolute Gasteiger partial charge is 0.489 e. The first-order valence-corrected chi connectivity index (χ1v) is 8.06. The predicted molar refractivity (Wildman–Crippen MR) is 83.3 cm³/mol. The van der Waals surface area contributed by atoms with E-state index in [0.717, 1.165) is 0 Å². The van der Waals surface area contributed by atoms with Crippen molar-refractivity contribution < 1.29 is 27.2 Å². The van der Waals surface area contributed by atoms with E-state index in [4.69, 9.17) is 14.0 Å². The van der Waals surface area contributed by atoms with Crippen molar-refractivity contribution in [2.75, 3.05) is 13.2 Å². The van der Waals surface area contributed by atoms with Crippen LogP contribution in [0.5, 0.6) is 11.5 Å². The Morgan fingerprint density at radius 2 is 1.73 bits per heavy atom. The van der Waals surface area contributed by atoms with Gasteiger partial charge in [0.15, 0.2) is 11.5 Å². The quantitative estimate of drug-likeness (QED) is 0.738. The van der Waals surface area contributed by atoms with Crippen LogP contribution in [0.1, 0.15) is 38.1 Å². The summed E-state index contributed by atoms with van der Waals surface area (Å²) in [4.78, 5) is 11.9. The number of rotatable bonds is 8. The zero-order valence-corrected chi connectivity index (χ0v) is 14.0.